The molecule has 0 radical (unpaired) electrons. The number of amides is 1. The summed E-state index contributed by atoms with van der Waals surface area (Å²) < 4.78 is 10.6. The van der Waals surface area contributed by atoms with Crippen molar-refractivity contribution < 1.29 is 19.2 Å². The number of nitro benzene ring substituents is 1. The summed E-state index contributed by atoms with van der Waals surface area (Å²) >= 11 is 0. The largest absolute Gasteiger partial charge is 0.497 e. The van der Waals surface area contributed by atoms with Crippen molar-refractivity contribution in [2.45, 2.75) is 6.54 Å². The molecule has 0 aliphatic rings. The van der Waals surface area contributed by atoms with Crippen molar-refractivity contribution in [1.29, 1.82) is 0 Å². The van der Waals surface area contributed by atoms with E-state index >= 15 is 0 Å². The van der Waals surface area contributed by atoms with E-state index in [0.717, 1.165) is 11.3 Å². The molecule has 136 valence electrons. The second-order valence-electron chi connectivity index (χ2n) is 5.45. The van der Waals surface area contributed by atoms with Gasteiger partial charge in [-0.25, -0.2) is 0 Å². The molecular formula is C19H20N2O5. The molecule has 0 fully saturated rings. The van der Waals surface area contributed by atoms with Crippen LogP contribution in [0.3, 0.4) is 0 Å². The normalized spacial score (nSPS) is 10.0. The summed E-state index contributed by atoms with van der Waals surface area (Å²) in [5, 5.41) is 10.6. The van der Waals surface area contributed by atoms with Gasteiger partial charge in [-0.2, -0.15) is 0 Å². The van der Waals surface area contributed by atoms with E-state index in [0.29, 0.717) is 18.8 Å². The van der Waals surface area contributed by atoms with Crippen LogP contribution in [0.4, 0.5) is 5.69 Å². The van der Waals surface area contributed by atoms with Crippen molar-refractivity contribution >= 4 is 11.6 Å². The van der Waals surface area contributed by atoms with Gasteiger partial charge >= 0.3 is 0 Å². The van der Waals surface area contributed by atoms with E-state index in [1.54, 1.807) is 18.1 Å². The smallest absolute Gasteiger partial charge is 0.269 e. The highest BCUT2D eigenvalue weighted by Gasteiger charge is 2.14. The summed E-state index contributed by atoms with van der Waals surface area (Å²) in [6.07, 6.45) is 1.65. The number of non-ortho nitro benzene ring substituents is 1. The molecule has 0 spiro atoms. The second kappa shape index (κ2) is 9.22. The molecule has 26 heavy (non-hydrogen) atoms. The summed E-state index contributed by atoms with van der Waals surface area (Å²) in [6, 6.07) is 13.0. The van der Waals surface area contributed by atoms with Crippen LogP contribution >= 0.6 is 0 Å². The number of ether oxygens (including phenoxy) is 2. The lowest BCUT2D eigenvalue weighted by Gasteiger charge is -2.21. The van der Waals surface area contributed by atoms with Crippen LogP contribution < -0.4 is 9.47 Å². The van der Waals surface area contributed by atoms with Gasteiger partial charge in [0.25, 0.3) is 11.6 Å². The summed E-state index contributed by atoms with van der Waals surface area (Å²) in [4.78, 5) is 24.2. The SMILES string of the molecule is C=CCN(Cc1ccc(OC)cc1)C(=O)COc1ccc([N+](=O)[O-])cc1. The Hall–Kier alpha value is -3.35. The first-order valence-electron chi connectivity index (χ1n) is 7.92. The maximum atomic E-state index is 12.4. The van der Waals surface area contributed by atoms with Crippen LogP contribution in [-0.4, -0.2) is 36.0 Å². The average molecular weight is 356 g/mol. The third-order valence-electron chi connectivity index (χ3n) is 3.64. The van der Waals surface area contributed by atoms with Gasteiger partial charge in [0.15, 0.2) is 6.61 Å². The summed E-state index contributed by atoms with van der Waals surface area (Å²) in [7, 11) is 1.60. The lowest BCUT2D eigenvalue weighted by molar-refractivity contribution is -0.384. The van der Waals surface area contributed by atoms with Crippen molar-refractivity contribution in [1.82, 2.24) is 4.90 Å². The Morgan fingerprint density at radius 2 is 1.77 bits per heavy atom. The molecule has 0 heterocycles. The Bertz CT molecular complexity index is 757. The number of rotatable bonds is 9. The highest BCUT2D eigenvalue weighted by molar-refractivity contribution is 5.78. The minimum Gasteiger partial charge on any atom is -0.497 e. The quantitative estimate of drug-likeness (QED) is 0.391. The zero-order valence-electron chi connectivity index (χ0n) is 14.5. The number of hydrogen-bond donors (Lipinski definition) is 0. The maximum Gasteiger partial charge on any atom is 0.269 e. The Balaban J connectivity index is 1.96. The predicted molar refractivity (Wildman–Crippen MR) is 97.2 cm³/mol. The third-order valence-corrected chi connectivity index (χ3v) is 3.64. The van der Waals surface area contributed by atoms with Crippen molar-refractivity contribution in [3.05, 3.63) is 76.9 Å². The fraction of sp³-hybridized carbons (Fsp3) is 0.211. The fourth-order valence-corrected chi connectivity index (χ4v) is 2.26. The lowest BCUT2D eigenvalue weighted by atomic mass is 10.2. The fourth-order valence-electron chi connectivity index (χ4n) is 2.26. The summed E-state index contributed by atoms with van der Waals surface area (Å²) in [6.45, 7) is 4.31. The molecule has 7 heteroatoms. The van der Waals surface area contributed by atoms with Crippen molar-refractivity contribution in [3.8, 4) is 11.5 Å². The maximum absolute atomic E-state index is 12.4. The zero-order valence-corrected chi connectivity index (χ0v) is 14.5. The van der Waals surface area contributed by atoms with E-state index in [2.05, 4.69) is 6.58 Å². The average Bonchev–Trinajstić information content (AvgIpc) is 2.66. The number of hydrogen-bond acceptors (Lipinski definition) is 5. The van der Waals surface area contributed by atoms with Gasteiger partial charge in [-0.05, 0) is 29.8 Å². The number of carbonyl (C=O) groups is 1. The minimum absolute atomic E-state index is 0.0310. The van der Waals surface area contributed by atoms with Crippen LogP contribution in [0.15, 0.2) is 61.2 Å². The number of methoxy groups -OCH3 is 1. The van der Waals surface area contributed by atoms with E-state index in [1.165, 1.54) is 24.3 Å². The Morgan fingerprint density at radius 1 is 1.15 bits per heavy atom. The molecule has 2 aromatic rings. The first-order chi connectivity index (χ1) is 12.5. The molecule has 2 aromatic carbocycles. The van der Waals surface area contributed by atoms with Crippen LogP contribution in [0, 0.1) is 10.1 Å². The van der Waals surface area contributed by atoms with Crippen LogP contribution in [0.2, 0.25) is 0 Å². The molecule has 0 atom stereocenters. The second-order valence-corrected chi connectivity index (χ2v) is 5.45. The minimum atomic E-state index is -0.490. The van der Waals surface area contributed by atoms with E-state index in [4.69, 9.17) is 9.47 Å². The zero-order chi connectivity index (χ0) is 18.9. The Labute approximate surface area is 151 Å². The number of nitrogens with zero attached hydrogens (tertiary/aromatic N) is 2. The van der Waals surface area contributed by atoms with Crippen molar-refractivity contribution in [2.24, 2.45) is 0 Å². The molecule has 0 aliphatic carbocycles. The highest BCUT2D eigenvalue weighted by Crippen LogP contribution is 2.18. The van der Waals surface area contributed by atoms with Gasteiger partial charge in [0.1, 0.15) is 11.5 Å². The molecule has 0 N–H and O–H groups in total. The molecule has 0 aliphatic heterocycles. The monoisotopic (exact) mass is 356 g/mol. The molecule has 1 amide bonds. The topological polar surface area (TPSA) is 81.9 Å². The van der Waals surface area contributed by atoms with Gasteiger partial charge in [-0.3, -0.25) is 14.9 Å². The number of benzene rings is 2. The van der Waals surface area contributed by atoms with Crippen LogP contribution in [0.25, 0.3) is 0 Å². The Morgan fingerprint density at radius 3 is 2.31 bits per heavy atom. The molecule has 0 saturated heterocycles. The highest BCUT2D eigenvalue weighted by atomic mass is 16.6. The molecular weight excluding hydrogens is 336 g/mol. The van der Waals surface area contributed by atoms with Gasteiger partial charge in [-0.15, -0.1) is 6.58 Å². The van der Waals surface area contributed by atoms with E-state index in [1.807, 2.05) is 24.3 Å². The van der Waals surface area contributed by atoms with E-state index in [9.17, 15) is 14.9 Å². The van der Waals surface area contributed by atoms with Gasteiger partial charge < -0.3 is 14.4 Å². The first kappa shape index (κ1) is 19.0. The number of carbonyl (C=O) groups excluding carboxylic acids is 1. The van der Waals surface area contributed by atoms with Gasteiger partial charge in [0, 0.05) is 25.2 Å². The first-order valence-corrected chi connectivity index (χ1v) is 7.92. The molecule has 0 unspecified atom stereocenters. The van der Waals surface area contributed by atoms with Gasteiger partial charge in [-0.1, -0.05) is 18.2 Å². The van der Waals surface area contributed by atoms with Gasteiger partial charge in [0.2, 0.25) is 0 Å². The summed E-state index contributed by atoms with van der Waals surface area (Å²) in [5.74, 6) is 0.933. The van der Waals surface area contributed by atoms with E-state index < -0.39 is 4.92 Å². The van der Waals surface area contributed by atoms with Crippen LogP contribution in [0.5, 0.6) is 11.5 Å². The van der Waals surface area contributed by atoms with Crippen LogP contribution in [-0.2, 0) is 11.3 Å². The van der Waals surface area contributed by atoms with Crippen molar-refractivity contribution in [2.75, 3.05) is 20.3 Å². The van der Waals surface area contributed by atoms with Gasteiger partial charge in [0.05, 0.1) is 12.0 Å². The van der Waals surface area contributed by atoms with Crippen molar-refractivity contribution in [3.63, 3.8) is 0 Å². The summed E-state index contributed by atoms with van der Waals surface area (Å²) in [5.41, 5.74) is 0.924. The standard InChI is InChI=1S/C19H20N2O5/c1-3-12-20(13-15-4-8-17(25-2)9-5-15)19(22)14-26-18-10-6-16(7-11-18)21(23)24/h3-11H,1,12-14H2,2H3. The molecule has 0 aromatic heterocycles. The number of nitro groups is 1. The van der Waals surface area contributed by atoms with Crippen LogP contribution in [0.1, 0.15) is 5.56 Å². The predicted octanol–water partition coefficient (Wildman–Crippen LogP) is 3.20. The molecule has 0 saturated carbocycles. The Kier molecular flexibility index (Phi) is 6.73. The lowest BCUT2D eigenvalue weighted by Crippen LogP contribution is -2.34. The molecule has 7 nitrogen and oxygen atoms in total. The molecule has 0 bridgehead atoms. The molecule has 2 rings (SSSR count). The van der Waals surface area contributed by atoms with E-state index in [-0.39, 0.29) is 18.2 Å². The third kappa shape index (κ3) is 5.34.